The SMILES string of the molecule is O=C(Cn1c(=O)oc2ccccc21)Oc1ccc([N+](=O)[O-])c(Cl)c1. The molecule has 0 amide bonds. The molecule has 0 N–H and O–H groups in total. The summed E-state index contributed by atoms with van der Waals surface area (Å²) in [5.74, 6) is -1.39. The van der Waals surface area contributed by atoms with Crippen LogP contribution < -0.4 is 10.5 Å². The molecule has 2 aromatic carbocycles. The summed E-state index contributed by atoms with van der Waals surface area (Å²) in [5, 5.41) is 10.5. The van der Waals surface area contributed by atoms with E-state index in [1.54, 1.807) is 24.3 Å². The van der Waals surface area contributed by atoms with Crippen molar-refractivity contribution in [1.29, 1.82) is 0 Å². The zero-order valence-corrected chi connectivity index (χ0v) is 12.7. The van der Waals surface area contributed by atoms with Gasteiger partial charge in [0.15, 0.2) is 5.58 Å². The van der Waals surface area contributed by atoms with Gasteiger partial charge in [-0.05, 0) is 18.2 Å². The van der Waals surface area contributed by atoms with E-state index in [-0.39, 0.29) is 23.0 Å². The van der Waals surface area contributed by atoms with Crippen LogP contribution in [0.15, 0.2) is 51.7 Å². The molecule has 9 heteroatoms. The number of oxazole rings is 1. The van der Waals surface area contributed by atoms with Gasteiger partial charge in [0.1, 0.15) is 17.3 Å². The van der Waals surface area contributed by atoms with E-state index in [9.17, 15) is 19.7 Å². The van der Waals surface area contributed by atoms with Gasteiger partial charge in [0.2, 0.25) is 0 Å². The molecule has 122 valence electrons. The van der Waals surface area contributed by atoms with Gasteiger partial charge >= 0.3 is 11.7 Å². The molecular formula is C15H9ClN2O6. The largest absolute Gasteiger partial charge is 0.425 e. The molecule has 1 heterocycles. The highest BCUT2D eigenvalue weighted by Crippen LogP contribution is 2.28. The normalized spacial score (nSPS) is 10.7. The minimum atomic E-state index is -0.742. The summed E-state index contributed by atoms with van der Waals surface area (Å²) in [5.41, 5.74) is 0.517. The molecule has 0 bridgehead atoms. The van der Waals surface area contributed by atoms with Crippen LogP contribution in [0.25, 0.3) is 11.1 Å². The van der Waals surface area contributed by atoms with Crippen molar-refractivity contribution in [3.05, 3.63) is 68.2 Å². The van der Waals surface area contributed by atoms with Crippen LogP contribution in [-0.4, -0.2) is 15.5 Å². The number of hydrogen-bond acceptors (Lipinski definition) is 6. The highest BCUT2D eigenvalue weighted by molar-refractivity contribution is 6.32. The third kappa shape index (κ3) is 2.99. The summed E-state index contributed by atoms with van der Waals surface area (Å²) < 4.78 is 11.2. The second kappa shape index (κ2) is 6.17. The van der Waals surface area contributed by atoms with Crippen LogP contribution >= 0.6 is 11.6 Å². The fraction of sp³-hybridized carbons (Fsp3) is 0.0667. The standard InChI is InChI=1S/C15H9ClN2O6/c16-10-7-9(5-6-11(10)18(21)22)23-14(19)8-17-12-3-1-2-4-13(12)24-15(17)20/h1-7H,8H2. The van der Waals surface area contributed by atoms with Gasteiger partial charge in [-0.1, -0.05) is 23.7 Å². The summed E-state index contributed by atoms with van der Waals surface area (Å²) in [6.07, 6.45) is 0. The quantitative estimate of drug-likeness (QED) is 0.311. The van der Waals surface area contributed by atoms with Gasteiger partial charge < -0.3 is 9.15 Å². The van der Waals surface area contributed by atoms with Crippen molar-refractivity contribution >= 4 is 34.4 Å². The summed E-state index contributed by atoms with van der Waals surface area (Å²) in [6.45, 7) is -0.371. The Morgan fingerprint density at radius 2 is 2.04 bits per heavy atom. The molecule has 24 heavy (non-hydrogen) atoms. The number of nitro groups is 1. The molecule has 0 fully saturated rings. The second-order valence-corrected chi connectivity index (χ2v) is 5.17. The molecule has 8 nitrogen and oxygen atoms in total. The molecule has 0 unspecified atom stereocenters. The predicted molar refractivity (Wildman–Crippen MR) is 84.2 cm³/mol. The van der Waals surface area contributed by atoms with Gasteiger partial charge in [-0.3, -0.25) is 14.7 Å². The number of benzene rings is 2. The Kier molecular flexibility index (Phi) is 4.05. The fourth-order valence-electron chi connectivity index (χ4n) is 2.16. The lowest BCUT2D eigenvalue weighted by Gasteiger charge is -2.05. The van der Waals surface area contributed by atoms with E-state index in [4.69, 9.17) is 20.8 Å². The number of carbonyl (C=O) groups is 1. The summed E-state index contributed by atoms with van der Waals surface area (Å²) >= 11 is 5.75. The Morgan fingerprint density at radius 1 is 1.29 bits per heavy atom. The number of nitro benzene ring substituents is 1. The first kappa shape index (κ1) is 15.8. The van der Waals surface area contributed by atoms with Gasteiger partial charge in [-0.15, -0.1) is 0 Å². The van der Waals surface area contributed by atoms with Crippen molar-refractivity contribution in [2.75, 3.05) is 0 Å². The van der Waals surface area contributed by atoms with E-state index in [0.717, 1.165) is 16.7 Å². The third-order valence-electron chi connectivity index (χ3n) is 3.21. The van der Waals surface area contributed by atoms with Gasteiger partial charge in [0, 0.05) is 12.1 Å². The Morgan fingerprint density at radius 3 is 2.75 bits per heavy atom. The average molecular weight is 349 g/mol. The van der Waals surface area contributed by atoms with E-state index < -0.39 is 16.6 Å². The molecule has 3 rings (SSSR count). The van der Waals surface area contributed by atoms with E-state index in [1.807, 2.05) is 0 Å². The first-order valence-electron chi connectivity index (χ1n) is 6.68. The van der Waals surface area contributed by atoms with Crippen molar-refractivity contribution in [2.24, 2.45) is 0 Å². The summed E-state index contributed by atoms with van der Waals surface area (Å²) in [7, 11) is 0. The van der Waals surface area contributed by atoms with Crippen LogP contribution in [0.1, 0.15) is 0 Å². The molecule has 0 atom stereocenters. The van der Waals surface area contributed by atoms with E-state index in [0.29, 0.717) is 11.1 Å². The van der Waals surface area contributed by atoms with E-state index in [2.05, 4.69) is 0 Å². The minimum absolute atomic E-state index is 0.0384. The number of ether oxygens (including phenoxy) is 1. The number of halogens is 1. The maximum Gasteiger partial charge on any atom is 0.420 e. The topological polar surface area (TPSA) is 105 Å². The second-order valence-electron chi connectivity index (χ2n) is 4.77. The molecule has 0 aliphatic rings. The molecular weight excluding hydrogens is 340 g/mol. The highest BCUT2D eigenvalue weighted by Gasteiger charge is 2.16. The Balaban J connectivity index is 1.80. The first-order valence-corrected chi connectivity index (χ1v) is 7.06. The van der Waals surface area contributed by atoms with Crippen molar-refractivity contribution in [2.45, 2.75) is 6.54 Å². The molecule has 0 aliphatic carbocycles. The van der Waals surface area contributed by atoms with Crippen LogP contribution in [0.2, 0.25) is 5.02 Å². The minimum Gasteiger partial charge on any atom is -0.425 e. The third-order valence-corrected chi connectivity index (χ3v) is 3.51. The first-order chi connectivity index (χ1) is 11.5. The van der Waals surface area contributed by atoms with Crippen molar-refractivity contribution < 1.29 is 18.9 Å². The Bertz CT molecular complexity index is 1010. The van der Waals surface area contributed by atoms with Gasteiger partial charge in [-0.2, -0.15) is 0 Å². The number of nitrogens with zero attached hydrogens (tertiary/aromatic N) is 2. The molecule has 0 aliphatic heterocycles. The van der Waals surface area contributed by atoms with Crippen molar-refractivity contribution in [3.63, 3.8) is 0 Å². The number of carbonyl (C=O) groups excluding carboxylic acids is 1. The van der Waals surface area contributed by atoms with Gasteiger partial charge in [0.05, 0.1) is 10.4 Å². The van der Waals surface area contributed by atoms with Crippen LogP contribution in [0.3, 0.4) is 0 Å². The van der Waals surface area contributed by atoms with Crippen LogP contribution in [0.5, 0.6) is 5.75 Å². The van der Waals surface area contributed by atoms with Gasteiger partial charge in [-0.25, -0.2) is 9.59 Å². The number of aromatic nitrogens is 1. The molecule has 0 spiro atoms. The molecule has 0 saturated carbocycles. The number of para-hydroxylation sites is 2. The lowest BCUT2D eigenvalue weighted by Crippen LogP contribution is -2.23. The Labute approximate surface area is 139 Å². The number of rotatable bonds is 4. The van der Waals surface area contributed by atoms with Crippen LogP contribution in [0, 0.1) is 10.1 Å². The smallest absolute Gasteiger partial charge is 0.420 e. The maximum atomic E-state index is 12.0. The lowest BCUT2D eigenvalue weighted by molar-refractivity contribution is -0.384. The average Bonchev–Trinajstić information content (AvgIpc) is 2.83. The van der Waals surface area contributed by atoms with Crippen molar-refractivity contribution in [1.82, 2.24) is 4.57 Å². The zero-order valence-electron chi connectivity index (χ0n) is 12.0. The van der Waals surface area contributed by atoms with E-state index in [1.165, 1.54) is 6.07 Å². The van der Waals surface area contributed by atoms with Crippen LogP contribution in [-0.2, 0) is 11.3 Å². The molecule has 0 saturated heterocycles. The number of esters is 1. The summed E-state index contributed by atoms with van der Waals surface area (Å²) in [6, 6.07) is 10.2. The molecule has 0 radical (unpaired) electrons. The summed E-state index contributed by atoms with van der Waals surface area (Å²) in [4.78, 5) is 33.8. The van der Waals surface area contributed by atoms with Crippen molar-refractivity contribution in [3.8, 4) is 5.75 Å². The Hall–Kier alpha value is -3.13. The van der Waals surface area contributed by atoms with Crippen LogP contribution in [0.4, 0.5) is 5.69 Å². The maximum absolute atomic E-state index is 12.0. The van der Waals surface area contributed by atoms with E-state index >= 15 is 0 Å². The highest BCUT2D eigenvalue weighted by atomic mass is 35.5. The molecule has 3 aromatic rings. The van der Waals surface area contributed by atoms with Gasteiger partial charge in [0.25, 0.3) is 5.69 Å². The number of fused-ring (bicyclic) bond motifs is 1. The zero-order chi connectivity index (χ0) is 17.3. The number of hydrogen-bond donors (Lipinski definition) is 0. The monoisotopic (exact) mass is 348 g/mol. The fourth-order valence-corrected chi connectivity index (χ4v) is 2.40. The lowest BCUT2D eigenvalue weighted by atomic mass is 10.3. The predicted octanol–water partition coefficient (Wildman–Crippen LogP) is 2.76. The molecule has 1 aromatic heterocycles.